The van der Waals surface area contributed by atoms with E-state index in [9.17, 15) is 14.4 Å². The molecule has 2 aromatic carbocycles. The van der Waals surface area contributed by atoms with Crippen LogP contribution >= 0.6 is 11.6 Å². The molecule has 0 atom stereocenters. The van der Waals surface area contributed by atoms with Gasteiger partial charge in [0.25, 0.3) is 11.8 Å². The first-order valence-corrected chi connectivity index (χ1v) is 9.22. The molecule has 0 saturated carbocycles. The number of hydrogen-bond donors (Lipinski definition) is 2. The molecule has 2 rings (SSSR count). The largest absolute Gasteiger partial charge is 0.490 e. The van der Waals surface area contributed by atoms with Gasteiger partial charge in [-0.3, -0.25) is 20.4 Å². The van der Waals surface area contributed by atoms with Crippen LogP contribution in [0, 0.1) is 0 Å². The van der Waals surface area contributed by atoms with Crippen LogP contribution in [0.25, 0.3) is 0 Å². The van der Waals surface area contributed by atoms with Gasteiger partial charge in [-0.15, -0.1) is 0 Å². The summed E-state index contributed by atoms with van der Waals surface area (Å²) in [6.45, 7) is 1.53. The summed E-state index contributed by atoms with van der Waals surface area (Å²) in [5.41, 5.74) is 4.66. The van der Waals surface area contributed by atoms with Gasteiger partial charge in [0.15, 0.2) is 24.7 Å². The van der Waals surface area contributed by atoms with E-state index in [-0.39, 0.29) is 0 Å². The molecule has 0 fully saturated rings. The van der Waals surface area contributed by atoms with Crippen molar-refractivity contribution in [1.29, 1.82) is 0 Å². The minimum Gasteiger partial charge on any atom is -0.490 e. The third-order valence-electron chi connectivity index (χ3n) is 3.44. The van der Waals surface area contributed by atoms with Crippen molar-refractivity contribution < 1.29 is 28.6 Å². The Labute approximate surface area is 173 Å². The highest BCUT2D eigenvalue weighted by molar-refractivity contribution is 6.30. The fourth-order valence-electron chi connectivity index (χ4n) is 2.06. The maximum absolute atomic E-state index is 11.9. The van der Waals surface area contributed by atoms with Gasteiger partial charge in [-0.25, -0.2) is 4.79 Å². The Morgan fingerprint density at radius 3 is 2.21 bits per heavy atom. The lowest BCUT2D eigenvalue weighted by molar-refractivity contribution is -0.150. The molecule has 154 valence electrons. The molecular weight excluding hydrogens is 400 g/mol. The number of carbonyl (C=O) groups is 3. The highest BCUT2D eigenvalue weighted by atomic mass is 35.5. The van der Waals surface area contributed by atoms with Crippen LogP contribution in [-0.2, 0) is 14.3 Å². The second-order valence-corrected chi connectivity index (χ2v) is 6.19. The van der Waals surface area contributed by atoms with E-state index in [2.05, 4.69) is 10.9 Å². The zero-order valence-corrected chi connectivity index (χ0v) is 16.5. The molecule has 0 aliphatic rings. The second-order valence-electron chi connectivity index (χ2n) is 5.75. The number of hydrazine groups is 1. The quantitative estimate of drug-likeness (QED) is 0.477. The van der Waals surface area contributed by atoms with E-state index < -0.39 is 31.0 Å². The van der Waals surface area contributed by atoms with E-state index >= 15 is 0 Å². The van der Waals surface area contributed by atoms with Gasteiger partial charge in [0.1, 0.15) is 0 Å². The van der Waals surface area contributed by atoms with Crippen molar-refractivity contribution >= 4 is 29.4 Å². The average molecular weight is 421 g/mol. The molecule has 8 nitrogen and oxygen atoms in total. The Morgan fingerprint density at radius 2 is 1.55 bits per heavy atom. The highest BCUT2D eigenvalue weighted by Crippen LogP contribution is 2.26. The van der Waals surface area contributed by atoms with Gasteiger partial charge < -0.3 is 14.2 Å². The monoisotopic (exact) mass is 420 g/mol. The van der Waals surface area contributed by atoms with Gasteiger partial charge >= 0.3 is 5.97 Å². The van der Waals surface area contributed by atoms with E-state index in [0.717, 1.165) is 6.42 Å². The van der Waals surface area contributed by atoms with Gasteiger partial charge in [-0.05, 0) is 42.8 Å². The number of rotatable bonds is 9. The van der Waals surface area contributed by atoms with Crippen molar-refractivity contribution in [1.82, 2.24) is 10.9 Å². The Hall–Kier alpha value is -3.26. The molecule has 0 aliphatic carbocycles. The van der Waals surface area contributed by atoms with Crippen molar-refractivity contribution in [3.05, 3.63) is 59.1 Å². The fraction of sp³-hybridized carbons (Fsp3) is 0.250. The predicted octanol–water partition coefficient (Wildman–Crippen LogP) is 2.51. The van der Waals surface area contributed by atoms with E-state index in [0.29, 0.717) is 28.7 Å². The summed E-state index contributed by atoms with van der Waals surface area (Å²) in [5.74, 6) is -1.06. The summed E-state index contributed by atoms with van der Waals surface area (Å²) in [6.07, 6.45) is 0.833. The number of hydrogen-bond acceptors (Lipinski definition) is 6. The SMILES string of the molecule is CCCOc1ccccc1OCC(=O)OCC(=O)NNC(=O)c1ccc(Cl)cc1. The number of ether oxygens (including phenoxy) is 3. The van der Waals surface area contributed by atoms with E-state index in [1.807, 2.05) is 6.92 Å². The van der Waals surface area contributed by atoms with Crippen molar-refractivity contribution in [3.8, 4) is 11.5 Å². The molecule has 29 heavy (non-hydrogen) atoms. The zero-order chi connectivity index (χ0) is 21.1. The lowest BCUT2D eigenvalue weighted by Gasteiger charge is -2.12. The van der Waals surface area contributed by atoms with E-state index in [4.69, 9.17) is 25.8 Å². The van der Waals surface area contributed by atoms with Crippen molar-refractivity contribution in [2.24, 2.45) is 0 Å². The summed E-state index contributed by atoms with van der Waals surface area (Å²) in [6, 6.07) is 13.0. The number of halogens is 1. The number of esters is 1. The summed E-state index contributed by atoms with van der Waals surface area (Å²) < 4.78 is 15.7. The maximum atomic E-state index is 11.9. The van der Waals surface area contributed by atoms with Crippen LogP contribution in [0.1, 0.15) is 23.7 Å². The molecular formula is C20H21ClN2O6. The second kappa shape index (κ2) is 11.6. The third kappa shape index (κ3) is 7.71. The fourth-order valence-corrected chi connectivity index (χ4v) is 2.19. The summed E-state index contributed by atoms with van der Waals surface area (Å²) >= 11 is 5.74. The van der Waals surface area contributed by atoms with Crippen LogP contribution in [-0.4, -0.2) is 37.6 Å². The molecule has 0 heterocycles. The molecule has 2 amide bonds. The molecule has 0 spiro atoms. The average Bonchev–Trinajstić information content (AvgIpc) is 2.74. The van der Waals surface area contributed by atoms with Gasteiger partial charge in [-0.2, -0.15) is 0 Å². The molecule has 2 aromatic rings. The van der Waals surface area contributed by atoms with Crippen molar-refractivity contribution in [3.63, 3.8) is 0 Å². The Morgan fingerprint density at radius 1 is 0.897 bits per heavy atom. The van der Waals surface area contributed by atoms with Gasteiger partial charge in [0, 0.05) is 10.6 Å². The molecule has 0 aliphatic heterocycles. The van der Waals surface area contributed by atoms with Crippen LogP contribution < -0.4 is 20.3 Å². The number of nitrogens with one attached hydrogen (secondary N) is 2. The zero-order valence-electron chi connectivity index (χ0n) is 15.8. The Kier molecular flexibility index (Phi) is 8.78. The lowest BCUT2D eigenvalue weighted by Crippen LogP contribution is -2.43. The van der Waals surface area contributed by atoms with Crippen LogP contribution in [0.3, 0.4) is 0 Å². The standard InChI is InChI=1S/C20H21ClN2O6/c1-2-11-27-16-5-3-4-6-17(16)28-13-19(25)29-12-18(24)22-23-20(26)14-7-9-15(21)10-8-14/h3-10H,2,11-13H2,1H3,(H,22,24)(H,23,26). The van der Waals surface area contributed by atoms with Crippen molar-refractivity contribution in [2.45, 2.75) is 13.3 Å². The van der Waals surface area contributed by atoms with Crippen LogP contribution in [0.15, 0.2) is 48.5 Å². The Bertz CT molecular complexity index is 841. The van der Waals surface area contributed by atoms with Gasteiger partial charge in [0.05, 0.1) is 6.61 Å². The maximum Gasteiger partial charge on any atom is 0.344 e. The summed E-state index contributed by atoms with van der Waals surface area (Å²) in [4.78, 5) is 35.3. The molecule has 2 N–H and O–H groups in total. The molecule has 0 aromatic heterocycles. The van der Waals surface area contributed by atoms with Crippen LogP contribution in [0.2, 0.25) is 5.02 Å². The molecule has 0 saturated heterocycles. The smallest absolute Gasteiger partial charge is 0.344 e. The van der Waals surface area contributed by atoms with Gasteiger partial charge in [0.2, 0.25) is 0 Å². The lowest BCUT2D eigenvalue weighted by atomic mass is 10.2. The van der Waals surface area contributed by atoms with Crippen LogP contribution in [0.4, 0.5) is 0 Å². The minimum atomic E-state index is -0.741. The normalized spacial score (nSPS) is 10.0. The highest BCUT2D eigenvalue weighted by Gasteiger charge is 2.12. The number of amides is 2. The molecule has 0 bridgehead atoms. The first kappa shape index (κ1) is 22.0. The first-order valence-electron chi connectivity index (χ1n) is 8.84. The first-order chi connectivity index (χ1) is 14.0. The van der Waals surface area contributed by atoms with Gasteiger partial charge in [-0.1, -0.05) is 30.7 Å². The number of benzene rings is 2. The molecule has 9 heteroatoms. The summed E-state index contributed by atoms with van der Waals surface area (Å²) in [7, 11) is 0. The Balaban J connectivity index is 1.70. The van der Waals surface area contributed by atoms with Crippen LogP contribution in [0.5, 0.6) is 11.5 Å². The predicted molar refractivity (Wildman–Crippen MR) is 106 cm³/mol. The number of carbonyl (C=O) groups excluding carboxylic acids is 3. The topological polar surface area (TPSA) is 103 Å². The summed E-state index contributed by atoms with van der Waals surface area (Å²) in [5, 5.41) is 0.485. The third-order valence-corrected chi connectivity index (χ3v) is 3.69. The van der Waals surface area contributed by atoms with E-state index in [1.54, 1.807) is 36.4 Å². The molecule has 0 radical (unpaired) electrons. The molecule has 0 unspecified atom stereocenters. The van der Waals surface area contributed by atoms with Crippen molar-refractivity contribution in [2.75, 3.05) is 19.8 Å². The minimum absolute atomic E-state index is 0.309. The van der Waals surface area contributed by atoms with E-state index in [1.165, 1.54) is 12.1 Å². The number of para-hydroxylation sites is 2.